The summed E-state index contributed by atoms with van der Waals surface area (Å²) in [6, 6.07) is 10.2. The normalized spacial score (nSPS) is 17.5. The maximum atomic E-state index is 12.3. The molecule has 0 radical (unpaired) electrons. The van der Waals surface area contributed by atoms with E-state index < -0.39 is 0 Å². The van der Waals surface area contributed by atoms with Crippen LogP contribution in [0, 0.1) is 0 Å². The van der Waals surface area contributed by atoms with Crippen LogP contribution in [0.3, 0.4) is 0 Å². The van der Waals surface area contributed by atoms with Crippen molar-refractivity contribution in [3.63, 3.8) is 0 Å². The van der Waals surface area contributed by atoms with Gasteiger partial charge in [0.15, 0.2) is 5.76 Å². The number of benzene rings is 1. The molecule has 1 amide bonds. The van der Waals surface area contributed by atoms with Crippen molar-refractivity contribution in [3.8, 4) is 0 Å². The monoisotopic (exact) mass is 311 g/mol. The zero-order valence-electron chi connectivity index (χ0n) is 13.4. The third-order valence-electron chi connectivity index (χ3n) is 4.85. The number of carbonyl (C=O) groups is 1. The summed E-state index contributed by atoms with van der Waals surface area (Å²) in [7, 11) is 2.14. The summed E-state index contributed by atoms with van der Waals surface area (Å²) in [5.41, 5.74) is 4.05. The maximum absolute atomic E-state index is 12.3. The number of anilines is 2. The minimum Gasteiger partial charge on any atom is -0.459 e. The lowest BCUT2D eigenvalue weighted by molar-refractivity contribution is 0.0714. The van der Waals surface area contributed by atoms with Gasteiger partial charge in [-0.05, 0) is 42.3 Å². The number of rotatable bonds is 2. The highest BCUT2D eigenvalue weighted by molar-refractivity contribution is 5.91. The number of carbonyl (C=O) groups excluding carboxylic acids is 1. The van der Waals surface area contributed by atoms with E-state index in [-0.39, 0.29) is 5.91 Å². The van der Waals surface area contributed by atoms with Crippen molar-refractivity contribution in [1.29, 1.82) is 0 Å². The molecule has 0 bridgehead atoms. The standard InChI is InChI=1S/C18H21N3O2/c1-19-7-6-14-13-15(4-5-16(14)19)20-8-10-21(11-9-20)18(22)17-3-2-12-23-17/h2-5,12-13H,6-11H2,1H3. The van der Waals surface area contributed by atoms with Crippen molar-refractivity contribution in [2.75, 3.05) is 49.6 Å². The summed E-state index contributed by atoms with van der Waals surface area (Å²) in [6.07, 6.45) is 2.67. The van der Waals surface area contributed by atoms with Crippen LogP contribution in [0.4, 0.5) is 11.4 Å². The van der Waals surface area contributed by atoms with E-state index in [1.165, 1.54) is 16.9 Å². The molecule has 2 aliphatic heterocycles. The molecule has 1 fully saturated rings. The van der Waals surface area contributed by atoms with Gasteiger partial charge in [-0.15, -0.1) is 0 Å². The summed E-state index contributed by atoms with van der Waals surface area (Å²) < 4.78 is 5.21. The van der Waals surface area contributed by atoms with Crippen molar-refractivity contribution < 1.29 is 9.21 Å². The van der Waals surface area contributed by atoms with Gasteiger partial charge in [0.2, 0.25) is 0 Å². The van der Waals surface area contributed by atoms with Gasteiger partial charge in [-0.2, -0.15) is 0 Å². The molecule has 0 N–H and O–H groups in total. The van der Waals surface area contributed by atoms with Gasteiger partial charge in [0.1, 0.15) is 0 Å². The highest BCUT2D eigenvalue weighted by Gasteiger charge is 2.24. The lowest BCUT2D eigenvalue weighted by Gasteiger charge is -2.36. The molecule has 1 aromatic heterocycles. The highest BCUT2D eigenvalue weighted by Crippen LogP contribution is 2.31. The molecule has 0 atom stereocenters. The van der Waals surface area contributed by atoms with Crippen LogP contribution in [0.1, 0.15) is 16.1 Å². The van der Waals surface area contributed by atoms with Crippen molar-refractivity contribution >= 4 is 17.3 Å². The van der Waals surface area contributed by atoms with Crippen LogP contribution >= 0.6 is 0 Å². The van der Waals surface area contributed by atoms with E-state index in [0.717, 1.165) is 39.1 Å². The zero-order valence-corrected chi connectivity index (χ0v) is 13.4. The lowest BCUT2D eigenvalue weighted by Crippen LogP contribution is -2.48. The Balaban J connectivity index is 1.43. The summed E-state index contributed by atoms with van der Waals surface area (Å²) in [5, 5.41) is 0. The Morgan fingerprint density at radius 1 is 1.09 bits per heavy atom. The first kappa shape index (κ1) is 14.2. The molecule has 23 heavy (non-hydrogen) atoms. The molecular weight excluding hydrogens is 290 g/mol. The van der Waals surface area contributed by atoms with Crippen LogP contribution < -0.4 is 9.80 Å². The Labute approximate surface area is 136 Å². The number of piperazine rings is 1. The SMILES string of the molecule is CN1CCc2cc(N3CCN(C(=O)c4ccco4)CC3)ccc21. The fourth-order valence-corrected chi connectivity index (χ4v) is 3.47. The maximum Gasteiger partial charge on any atom is 0.289 e. The second-order valence-corrected chi connectivity index (χ2v) is 6.24. The molecular formula is C18H21N3O2. The van der Waals surface area contributed by atoms with Crippen LogP contribution in [-0.4, -0.2) is 50.6 Å². The van der Waals surface area contributed by atoms with Gasteiger partial charge < -0.3 is 19.1 Å². The van der Waals surface area contributed by atoms with Crippen molar-refractivity contribution in [2.45, 2.75) is 6.42 Å². The third kappa shape index (κ3) is 2.56. The number of hydrogen-bond acceptors (Lipinski definition) is 4. The van der Waals surface area contributed by atoms with Crippen molar-refractivity contribution in [3.05, 3.63) is 47.9 Å². The molecule has 3 heterocycles. The predicted octanol–water partition coefficient (Wildman–Crippen LogP) is 2.23. The Morgan fingerprint density at radius 3 is 2.65 bits per heavy atom. The van der Waals surface area contributed by atoms with Crippen LogP contribution in [0.2, 0.25) is 0 Å². The van der Waals surface area contributed by atoms with Crippen LogP contribution in [0.25, 0.3) is 0 Å². The number of likely N-dealkylation sites (N-methyl/N-ethyl adjacent to an activating group) is 1. The van der Waals surface area contributed by atoms with Gasteiger partial charge in [0, 0.05) is 51.1 Å². The van der Waals surface area contributed by atoms with Gasteiger partial charge in [-0.1, -0.05) is 0 Å². The van der Waals surface area contributed by atoms with E-state index in [1.807, 2.05) is 4.90 Å². The Kier molecular flexibility index (Phi) is 3.48. The summed E-state index contributed by atoms with van der Waals surface area (Å²) in [4.78, 5) is 18.8. The first-order valence-electron chi connectivity index (χ1n) is 8.14. The number of amides is 1. The molecule has 120 valence electrons. The van der Waals surface area contributed by atoms with Gasteiger partial charge in [0.05, 0.1) is 6.26 Å². The topological polar surface area (TPSA) is 39.9 Å². The zero-order chi connectivity index (χ0) is 15.8. The van der Waals surface area contributed by atoms with Crippen molar-refractivity contribution in [2.24, 2.45) is 0 Å². The molecule has 0 aliphatic carbocycles. The smallest absolute Gasteiger partial charge is 0.289 e. The first-order valence-corrected chi connectivity index (χ1v) is 8.14. The molecule has 0 unspecified atom stereocenters. The molecule has 0 spiro atoms. The lowest BCUT2D eigenvalue weighted by atomic mass is 10.1. The Hall–Kier alpha value is -2.43. The Bertz CT molecular complexity index is 703. The van der Waals surface area contributed by atoms with Gasteiger partial charge >= 0.3 is 0 Å². The van der Waals surface area contributed by atoms with E-state index in [0.29, 0.717) is 5.76 Å². The second kappa shape index (κ2) is 5.65. The van der Waals surface area contributed by atoms with Gasteiger partial charge in [-0.25, -0.2) is 0 Å². The summed E-state index contributed by atoms with van der Waals surface area (Å²) in [5.74, 6) is 0.421. The van der Waals surface area contributed by atoms with E-state index >= 15 is 0 Å². The van der Waals surface area contributed by atoms with E-state index in [2.05, 4.69) is 35.0 Å². The fraction of sp³-hybridized carbons (Fsp3) is 0.389. The average molecular weight is 311 g/mol. The highest BCUT2D eigenvalue weighted by atomic mass is 16.3. The van der Waals surface area contributed by atoms with Crippen LogP contribution in [0.15, 0.2) is 41.0 Å². The number of fused-ring (bicyclic) bond motifs is 1. The molecule has 5 heteroatoms. The largest absolute Gasteiger partial charge is 0.459 e. The van der Waals surface area contributed by atoms with E-state index in [1.54, 1.807) is 18.4 Å². The van der Waals surface area contributed by atoms with E-state index in [4.69, 9.17) is 4.42 Å². The minimum absolute atomic E-state index is 0.00905. The predicted molar refractivity (Wildman–Crippen MR) is 90.2 cm³/mol. The fourth-order valence-electron chi connectivity index (χ4n) is 3.47. The summed E-state index contributed by atoms with van der Waals surface area (Å²) >= 11 is 0. The van der Waals surface area contributed by atoms with Gasteiger partial charge in [0.25, 0.3) is 5.91 Å². The van der Waals surface area contributed by atoms with Crippen LogP contribution in [-0.2, 0) is 6.42 Å². The molecule has 2 aliphatic rings. The molecule has 5 nitrogen and oxygen atoms in total. The number of hydrogen-bond donors (Lipinski definition) is 0. The second-order valence-electron chi connectivity index (χ2n) is 6.24. The van der Waals surface area contributed by atoms with Gasteiger partial charge in [-0.3, -0.25) is 4.79 Å². The number of furan rings is 1. The first-order chi connectivity index (χ1) is 11.2. The van der Waals surface area contributed by atoms with Crippen molar-refractivity contribution in [1.82, 2.24) is 4.90 Å². The molecule has 2 aromatic rings. The summed E-state index contributed by atoms with van der Waals surface area (Å²) in [6.45, 7) is 4.29. The Morgan fingerprint density at radius 2 is 1.91 bits per heavy atom. The average Bonchev–Trinajstić information content (AvgIpc) is 3.24. The molecule has 1 aromatic carbocycles. The quantitative estimate of drug-likeness (QED) is 0.853. The third-order valence-corrected chi connectivity index (χ3v) is 4.85. The van der Waals surface area contributed by atoms with E-state index in [9.17, 15) is 4.79 Å². The molecule has 1 saturated heterocycles. The molecule has 0 saturated carbocycles. The number of nitrogens with zero attached hydrogens (tertiary/aromatic N) is 3. The van der Waals surface area contributed by atoms with Crippen LogP contribution in [0.5, 0.6) is 0 Å². The minimum atomic E-state index is -0.00905. The molecule has 4 rings (SSSR count).